The van der Waals surface area contributed by atoms with E-state index in [9.17, 15) is 4.79 Å². The normalized spacial score (nSPS) is 20.4. The lowest BCUT2D eigenvalue weighted by atomic mass is 10.1. The minimum absolute atomic E-state index is 0.0466. The molecule has 1 unspecified atom stereocenters. The van der Waals surface area contributed by atoms with Crippen molar-refractivity contribution in [3.05, 3.63) is 18.0 Å². The molecule has 5 heteroatoms. The van der Waals surface area contributed by atoms with Gasteiger partial charge < -0.3 is 10.6 Å². The van der Waals surface area contributed by atoms with E-state index in [1.165, 1.54) is 12.6 Å². The van der Waals surface area contributed by atoms with Crippen LogP contribution in [0.1, 0.15) is 23.2 Å². The number of aromatic nitrogens is 2. The third-order valence-electron chi connectivity index (χ3n) is 2.76. The van der Waals surface area contributed by atoms with Gasteiger partial charge in [0, 0.05) is 12.7 Å². The van der Waals surface area contributed by atoms with E-state index in [2.05, 4.69) is 20.8 Å². The quantitative estimate of drug-likeness (QED) is 0.659. The lowest BCUT2D eigenvalue weighted by molar-refractivity contribution is 0.0951. The van der Waals surface area contributed by atoms with Crippen LogP contribution in [0.3, 0.4) is 0 Å². The maximum absolute atomic E-state index is 11.5. The SMILES string of the molecule is O=C(NCCC1CCNC1)c1cn[nH]c1. The Morgan fingerprint density at radius 2 is 2.60 bits per heavy atom. The van der Waals surface area contributed by atoms with E-state index < -0.39 is 0 Å². The average molecular weight is 208 g/mol. The number of rotatable bonds is 4. The molecule has 1 aromatic heterocycles. The average Bonchev–Trinajstić information content (AvgIpc) is 2.90. The van der Waals surface area contributed by atoms with Crippen molar-refractivity contribution in [2.75, 3.05) is 19.6 Å². The lowest BCUT2D eigenvalue weighted by Crippen LogP contribution is -2.26. The fourth-order valence-corrected chi connectivity index (χ4v) is 1.83. The summed E-state index contributed by atoms with van der Waals surface area (Å²) in [6, 6.07) is 0. The topological polar surface area (TPSA) is 69.8 Å². The van der Waals surface area contributed by atoms with Crippen molar-refractivity contribution in [3.63, 3.8) is 0 Å². The Labute approximate surface area is 88.6 Å². The van der Waals surface area contributed by atoms with Gasteiger partial charge in [-0.1, -0.05) is 0 Å². The highest BCUT2D eigenvalue weighted by Crippen LogP contribution is 2.10. The van der Waals surface area contributed by atoms with Crippen molar-refractivity contribution in [1.82, 2.24) is 20.8 Å². The molecule has 0 radical (unpaired) electrons. The number of amides is 1. The van der Waals surface area contributed by atoms with Crippen molar-refractivity contribution in [1.29, 1.82) is 0 Å². The zero-order valence-electron chi connectivity index (χ0n) is 8.62. The molecular formula is C10H16N4O. The van der Waals surface area contributed by atoms with E-state index in [1.807, 2.05) is 0 Å². The van der Waals surface area contributed by atoms with Crippen molar-refractivity contribution in [2.45, 2.75) is 12.8 Å². The van der Waals surface area contributed by atoms with E-state index in [-0.39, 0.29) is 5.91 Å². The molecule has 1 aromatic rings. The molecule has 1 aliphatic heterocycles. The highest BCUT2D eigenvalue weighted by Gasteiger charge is 2.14. The van der Waals surface area contributed by atoms with E-state index in [4.69, 9.17) is 0 Å². The van der Waals surface area contributed by atoms with Crippen LogP contribution < -0.4 is 10.6 Å². The predicted octanol–water partition coefficient (Wildman–Crippen LogP) is 0.139. The highest BCUT2D eigenvalue weighted by molar-refractivity contribution is 5.93. The molecule has 3 N–H and O–H groups in total. The monoisotopic (exact) mass is 208 g/mol. The summed E-state index contributed by atoms with van der Waals surface area (Å²) in [5, 5.41) is 12.5. The molecule has 0 bridgehead atoms. The first-order valence-electron chi connectivity index (χ1n) is 5.34. The van der Waals surface area contributed by atoms with Crippen molar-refractivity contribution >= 4 is 5.91 Å². The Balaban J connectivity index is 1.67. The number of aromatic amines is 1. The standard InChI is InChI=1S/C10H16N4O/c15-10(9-6-13-14-7-9)12-4-2-8-1-3-11-5-8/h6-8,11H,1-5H2,(H,12,15)(H,13,14). The van der Waals surface area contributed by atoms with Crippen LogP contribution in [0.2, 0.25) is 0 Å². The van der Waals surface area contributed by atoms with Crippen LogP contribution in [0.25, 0.3) is 0 Å². The van der Waals surface area contributed by atoms with Gasteiger partial charge >= 0.3 is 0 Å². The van der Waals surface area contributed by atoms with Crippen LogP contribution in [0.15, 0.2) is 12.4 Å². The number of carbonyl (C=O) groups excluding carboxylic acids is 1. The summed E-state index contributed by atoms with van der Waals surface area (Å²) in [5.41, 5.74) is 0.597. The first-order valence-corrected chi connectivity index (χ1v) is 5.34. The first-order chi connectivity index (χ1) is 7.36. The van der Waals surface area contributed by atoms with E-state index in [1.54, 1.807) is 6.20 Å². The number of H-pyrrole nitrogens is 1. The van der Waals surface area contributed by atoms with Gasteiger partial charge in [-0.25, -0.2) is 0 Å². The van der Waals surface area contributed by atoms with E-state index >= 15 is 0 Å². The van der Waals surface area contributed by atoms with Crippen molar-refractivity contribution in [2.24, 2.45) is 5.92 Å². The summed E-state index contributed by atoms with van der Waals surface area (Å²) in [6.07, 6.45) is 5.41. The van der Waals surface area contributed by atoms with Crippen LogP contribution in [-0.4, -0.2) is 35.7 Å². The van der Waals surface area contributed by atoms with Crippen LogP contribution in [0.4, 0.5) is 0 Å². The zero-order chi connectivity index (χ0) is 10.5. The summed E-state index contributed by atoms with van der Waals surface area (Å²) in [6.45, 7) is 2.94. The van der Waals surface area contributed by atoms with Gasteiger partial charge in [0.2, 0.25) is 0 Å². The molecule has 1 fully saturated rings. The molecule has 0 saturated carbocycles. The number of hydrogen-bond donors (Lipinski definition) is 3. The smallest absolute Gasteiger partial charge is 0.254 e. The van der Waals surface area contributed by atoms with E-state index in [0.717, 1.165) is 32.0 Å². The van der Waals surface area contributed by atoms with Crippen LogP contribution >= 0.6 is 0 Å². The molecule has 1 aliphatic rings. The molecule has 82 valence electrons. The van der Waals surface area contributed by atoms with Gasteiger partial charge in [-0.15, -0.1) is 0 Å². The molecule has 1 atom stereocenters. The molecule has 2 heterocycles. The van der Waals surface area contributed by atoms with Gasteiger partial charge in [0.05, 0.1) is 11.8 Å². The van der Waals surface area contributed by atoms with Gasteiger partial charge in [0.1, 0.15) is 0 Å². The molecule has 15 heavy (non-hydrogen) atoms. The fraction of sp³-hybridized carbons (Fsp3) is 0.600. The molecule has 1 saturated heterocycles. The summed E-state index contributed by atoms with van der Waals surface area (Å²) in [4.78, 5) is 11.5. The Morgan fingerprint density at radius 3 is 3.27 bits per heavy atom. The summed E-state index contributed by atoms with van der Waals surface area (Å²) < 4.78 is 0. The molecule has 2 rings (SSSR count). The third-order valence-corrected chi connectivity index (χ3v) is 2.76. The maximum Gasteiger partial charge on any atom is 0.254 e. The molecule has 0 aromatic carbocycles. The second kappa shape index (κ2) is 4.93. The molecule has 0 spiro atoms. The Bertz CT molecular complexity index is 303. The van der Waals surface area contributed by atoms with Gasteiger partial charge in [0.15, 0.2) is 0 Å². The zero-order valence-corrected chi connectivity index (χ0v) is 8.62. The second-order valence-corrected chi connectivity index (χ2v) is 3.89. The second-order valence-electron chi connectivity index (χ2n) is 3.89. The van der Waals surface area contributed by atoms with Crippen LogP contribution in [0, 0.1) is 5.92 Å². The Kier molecular flexibility index (Phi) is 3.34. The third kappa shape index (κ3) is 2.79. The molecule has 1 amide bonds. The number of hydrogen-bond acceptors (Lipinski definition) is 3. The number of carbonyl (C=O) groups is 1. The van der Waals surface area contributed by atoms with Gasteiger partial charge in [-0.2, -0.15) is 5.10 Å². The molecular weight excluding hydrogens is 192 g/mol. The summed E-state index contributed by atoms with van der Waals surface area (Å²) in [7, 11) is 0. The minimum Gasteiger partial charge on any atom is -0.352 e. The number of nitrogens with one attached hydrogen (secondary N) is 3. The maximum atomic E-state index is 11.5. The summed E-state index contributed by atoms with van der Waals surface area (Å²) in [5.74, 6) is 0.671. The van der Waals surface area contributed by atoms with Crippen LogP contribution in [0.5, 0.6) is 0 Å². The lowest BCUT2D eigenvalue weighted by Gasteiger charge is -2.08. The fourth-order valence-electron chi connectivity index (χ4n) is 1.83. The van der Waals surface area contributed by atoms with Crippen LogP contribution in [-0.2, 0) is 0 Å². The van der Waals surface area contributed by atoms with Crippen molar-refractivity contribution in [3.8, 4) is 0 Å². The Morgan fingerprint density at radius 1 is 1.67 bits per heavy atom. The predicted molar refractivity (Wildman–Crippen MR) is 56.5 cm³/mol. The molecule has 5 nitrogen and oxygen atoms in total. The van der Waals surface area contributed by atoms with Crippen molar-refractivity contribution < 1.29 is 4.79 Å². The first kappa shape index (κ1) is 10.2. The van der Waals surface area contributed by atoms with Gasteiger partial charge in [-0.05, 0) is 31.8 Å². The van der Waals surface area contributed by atoms with E-state index in [0.29, 0.717) is 5.56 Å². The highest BCUT2D eigenvalue weighted by atomic mass is 16.1. The number of nitrogens with zero attached hydrogens (tertiary/aromatic N) is 1. The van der Waals surface area contributed by atoms with Gasteiger partial charge in [0.25, 0.3) is 5.91 Å². The summed E-state index contributed by atoms with van der Waals surface area (Å²) >= 11 is 0. The minimum atomic E-state index is -0.0466. The van der Waals surface area contributed by atoms with Gasteiger partial charge in [-0.3, -0.25) is 9.89 Å². The largest absolute Gasteiger partial charge is 0.352 e. The Hall–Kier alpha value is -1.36. The molecule has 0 aliphatic carbocycles.